The maximum Gasteiger partial charge on any atom is 0.311 e. The lowest BCUT2D eigenvalue weighted by molar-refractivity contribution is -0.144. The maximum atomic E-state index is 11.9. The monoisotopic (exact) mass is 446 g/mol. The predicted molar refractivity (Wildman–Crippen MR) is 132 cm³/mol. The van der Waals surface area contributed by atoms with E-state index in [1.807, 2.05) is 31.2 Å². The van der Waals surface area contributed by atoms with Crippen LogP contribution in [0, 0.1) is 6.92 Å². The minimum Gasteiger partial charge on any atom is -0.466 e. The Hall–Kier alpha value is -1.84. The molecule has 0 saturated heterocycles. The fourth-order valence-corrected chi connectivity index (χ4v) is 3.76. The van der Waals surface area contributed by atoms with Gasteiger partial charge in [0, 0.05) is 12.8 Å². The van der Waals surface area contributed by atoms with Crippen molar-refractivity contribution in [3.05, 3.63) is 29.8 Å². The first-order valence-electron chi connectivity index (χ1n) is 13.1. The molecule has 0 bridgehead atoms. The van der Waals surface area contributed by atoms with E-state index < -0.39 is 0 Å². The molecular weight excluding hydrogens is 400 g/mol. The summed E-state index contributed by atoms with van der Waals surface area (Å²) in [6, 6.07) is 7.58. The molecule has 0 radical (unpaired) electrons. The van der Waals surface area contributed by atoms with Crippen molar-refractivity contribution in [2.75, 3.05) is 6.61 Å². The molecule has 182 valence electrons. The smallest absolute Gasteiger partial charge is 0.311 e. The van der Waals surface area contributed by atoms with Crippen molar-refractivity contribution in [3.63, 3.8) is 0 Å². The van der Waals surface area contributed by atoms with Crippen LogP contribution in [0.25, 0.3) is 0 Å². The van der Waals surface area contributed by atoms with E-state index >= 15 is 0 Å². The molecule has 1 aromatic carbocycles. The zero-order valence-corrected chi connectivity index (χ0v) is 20.7. The lowest BCUT2D eigenvalue weighted by Gasteiger charge is -2.07. The molecule has 0 aliphatic heterocycles. The summed E-state index contributed by atoms with van der Waals surface area (Å²) in [6.07, 6.45) is 18.5. The highest BCUT2D eigenvalue weighted by molar-refractivity contribution is 5.72. The van der Waals surface area contributed by atoms with Crippen molar-refractivity contribution in [3.8, 4) is 5.75 Å². The van der Waals surface area contributed by atoms with Gasteiger partial charge < -0.3 is 9.47 Å². The third kappa shape index (κ3) is 15.9. The first-order valence-corrected chi connectivity index (χ1v) is 13.1. The van der Waals surface area contributed by atoms with E-state index in [0.29, 0.717) is 25.2 Å². The minimum absolute atomic E-state index is 0.0523. The summed E-state index contributed by atoms with van der Waals surface area (Å²) in [5.74, 6) is 0.444. The van der Waals surface area contributed by atoms with Gasteiger partial charge in [-0.3, -0.25) is 9.59 Å². The molecule has 0 spiro atoms. The Morgan fingerprint density at radius 3 is 1.75 bits per heavy atom. The molecule has 32 heavy (non-hydrogen) atoms. The van der Waals surface area contributed by atoms with Crippen LogP contribution in [0.1, 0.15) is 122 Å². The maximum absolute atomic E-state index is 11.9. The molecule has 4 heteroatoms. The van der Waals surface area contributed by atoms with Crippen LogP contribution < -0.4 is 4.74 Å². The number of unbranched alkanes of at least 4 members (excludes halogenated alkanes) is 13. The van der Waals surface area contributed by atoms with Gasteiger partial charge in [-0.1, -0.05) is 102 Å². The van der Waals surface area contributed by atoms with E-state index in [9.17, 15) is 9.59 Å². The average molecular weight is 447 g/mol. The van der Waals surface area contributed by atoms with Crippen LogP contribution in [0.5, 0.6) is 5.75 Å². The number of ether oxygens (including phenoxy) is 2. The van der Waals surface area contributed by atoms with Crippen molar-refractivity contribution in [2.24, 2.45) is 0 Å². The van der Waals surface area contributed by atoms with Gasteiger partial charge in [-0.05, 0) is 37.8 Å². The number of para-hydroxylation sites is 1. The molecule has 0 fully saturated rings. The molecule has 0 N–H and O–H groups in total. The Morgan fingerprint density at radius 2 is 1.16 bits per heavy atom. The average Bonchev–Trinajstić information content (AvgIpc) is 2.78. The summed E-state index contributed by atoms with van der Waals surface area (Å²) in [5.41, 5.74) is 0.979. The van der Waals surface area contributed by atoms with Gasteiger partial charge in [0.15, 0.2) is 0 Å². The predicted octanol–water partition coefficient (Wildman–Crippen LogP) is 8.10. The summed E-state index contributed by atoms with van der Waals surface area (Å²) in [4.78, 5) is 23.7. The molecular formula is C28H46O4. The van der Waals surface area contributed by atoms with Crippen LogP contribution >= 0.6 is 0 Å². The van der Waals surface area contributed by atoms with Gasteiger partial charge in [0.2, 0.25) is 0 Å². The lowest BCUT2D eigenvalue weighted by atomic mass is 10.1. The van der Waals surface area contributed by atoms with Gasteiger partial charge >= 0.3 is 11.9 Å². The van der Waals surface area contributed by atoms with Gasteiger partial charge in [0.25, 0.3) is 0 Å². The number of carbonyl (C=O) groups excluding carboxylic acids is 2. The normalized spacial score (nSPS) is 10.8. The molecule has 0 amide bonds. The Labute approximate surface area is 196 Å². The Bertz CT molecular complexity index is 611. The first kappa shape index (κ1) is 28.2. The van der Waals surface area contributed by atoms with Gasteiger partial charge in [-0.15, -0.1) is 0 Å². The summed E-state index contributed by atoms with van der Waals surface area (Å²) >= 11 is 0. The molecule has 4 nitrogen and oxygen atoms in total. The van der Waals surface area contributed by atoms with Crippen LogP contribution in [-0.2, 0) is 14.3 Å². The first-order chi connectivity index (χ1) is 15.6. The van der Waals surface area contributed by atoms with E-state index in [1.165, 1.54) is 51.4 Å². The second-order valence-electron chi connectivity index (χ2n) is 8.91. The Balaban J connectivity index is 1.84. The van der Waals surface area contributed by atoms with Gasteiger partial charge in [-0.25, -0.2) is 0 Å². The third-order valence-electron chi connectivity index (χ3n) is 5.84. The highest BCUT2D eigenvalue weighted by Gasteiger charge is 2.07. The SMILES string of the molecule is CCCCCCCCCCCOC(=O)CCCCCCCCC(=O)Oc1ccccc1C. The van der Waals surface area contributed by atoms with Crippen LogP contribution in [0.2, 0.25) is 0 Å². The number of benzene rings is 1. The van der Waals surface area contributed by atoms with Crippen LogP contribution in [0.3, 0.4) is 0 Å². The molecule has 1 rings (SSSR count). The van der Waals surface area contributed by atoms with E-state index in [2.05, 4.69) is 6.92 Å². The van der Waals surface area contributed by atoms with Crippen molar-refractivity contribution in [2.45, 2.75) is 123 Å². The van der Waals surface area contributed by atoms with Crippen molar-refractivity contribution in [1.29, 1.82) is 0 Å². The van der Waals surface area contributed by atoms with E-state index in [1.54, 1.807) is 0 Å². The Kier molecular flexibility index (Phi) is 17.5. The molecule has 0 unspecified atom stereocenters. The van der Waals surface area contributed by atoms with E-state index in [4.69, 9.17) is 9.47 Å². The fourth-order valence-electron chi connectivity index (χ4n) is 3.76. The molecule has 0 atom stereocenters. The quantitative estimate of drug-likeness (QED) is 0.115. The molecule has 0 aliphatic rings. The van der Waals surface area contributed by atoms with Gasteiger partial charge in [0.05, 0.1) is 6.61 Å². The zero-order chi connectivity index (χ0) is 23.3. The lowest BCUT2D eigenvalue weighted by Crippen LogP contribution is -2.08. The number of carbonyl (C=O) groups is 2. The highest BCUT2D eigenvalue weighted by Crippen LogP contribution is 2.17. The number of hydrogen-bond acceptors (Lipinski definition) is 4. The number of esters is 2. The summed E-state index contributed by atoms with van der Waals surface area (Å²) in [6.45, 7) is 4.77. The van der Waals surface area contributed by atoms with Crippen LogP contribution in [0.4, 0.5) is 0 Å². The molecule has 0 heterocycles. The fraction of sp³-hybridized carbons (Fsp3) is 0.714. The second-order valence-corrected chi connectivity index (χ2v) is 8.91. The summed E-state index contributed by atoms with van der Waals surface area (Å²) in [7, 11) is 0. The topological polar surface area (TPSA) is 52.6 Å². The van der Waals surface area contributed by atoms with E-state index in [0.717, 1.165) is 50.5 Å². The van der Waals surface area contributed by atoms with Crippen LogP contribution in [-0.4, -0.2) is 18.5 Å². The van der Waals surface area contributed by atoms with E-state index in [-0.39, 0.29) is 11.9 Å². The summed E-state index contributed by atoms with van der Waals surface area (Å²) < 4.78 is 10.7. The van der Waals surface area contributed by atoms with Crippen molar-refractivity contribution in [1.82, 2.24) is 0 Å². The zero-order valence-electron chi connectivity index (χ0n) is 20.7. The molecule has 0 saturated carbocycles. The Morgan fingerprint density at radius 1 is 0.656 bits per heavy atom. The standard InChI is InChI=1S/C28H46O4/c1-3-4-5-6-7-8-11-14-19-24-31-27(29)22-15-12-9-10-13-16-23-28(30)32-26-21-18-17-20-25(26)2/h17-18,20-21H,3-16,19,22-24H2,1-2H3. The number of aryl methyl sites for hydroxylation is 1. The number of rotatable bonds is 20. The largest absolute Gasteiger partial charge is 0.466 e. The molecule has 0 aromatic heterocycles. The van der Waals surface area contributed by atoms with Crippen molar-refractivity contribution < 1.29 is 19.1 Å². The highest BCUT2D eigenvalue weighted by atomic mass is 16.5. The van der Waals surface area contributed by atoms with Gasteiger partial charge in [0.1, 0.15) is 5.75 Å². The molecule has 0 aliphatic carbocycles. The minimum atomic E-state index is -0.158. The van der Waals surface area contributed by atoms with Crippen molar-refractivity contribution >= 4 is 11.9 Å². The second kappa shape index (κ2) is 19.8. The molecule has 1 aromatic rings. The third-order valence-corrected chi connectivity index (χ3v) is 5.84. The van der Waals surface area contributed by atoms with Gasteiger partial charge in [-0.2, -0.15) is 0 Å². The number of hydrogen-bond donors (Lipinski definition) is 0. The van der Waals surface area contributed by atoms with Crippen LogP contribution in [0.15, 0.2) is 24.3 Å². The summed E-state index contributed by atoms with van der Waals surface area (Å²) in [5, 5.41) is 0.